The molecule has 0 radical (unpaired) electrons. The maximum Gasteiger partial charge on any atom is 0.194 e. The number of hydrogen-bond acceptors (Lipinski definition) is 3. The molecule has 0 bridgehead atoms. The average Bonchev–Trinajstić information content (AvgIpc) is 2.84. The van der Waals surface area contributed by atoms with Crippen molar-refractivity contribution in [2.45, 2.75) is 13.8 Å². The van der Waals surface area contributed by atoms with E-state index in [0.29, 0.717) is 0 Å². The molecule has 15 heavy (non-hydrogen) atoms. The fourth-order valence-corrected chi connectivity index (χ4v) is 3.28. The van der Waals surface area contributed by atoms with Gasteiger partial charge in [0.05, 0.1) is 4.88 Å². The smallest absolute Gasteiger partial charge is 0.194 e. The second-order valence-corrected chi connectivity index (χ2v) is 5.39. The Kier molecular flexibility index (Phi) is 1.94. The zero-order valence-corrected chi connectivity index (χ0v) is 10.2. The molecule has 3 heterocycles. The molecular formula is C11H10N2S2. The summed E-state index contributed by atoms with van der Waals surface area (Å²) in [5.74, 6) is 0. The number of rotatable bonds is 1. The molecule has 0 saturated heterocycles. The van der Waals surface area contributed by atoms with Crippen LogP contribution in [0.5, 0.6) is 0 Å². The third-order valence-electron chi connectivity index (χ3n) is 2.37. The van der Waals surface area contributed by atoms with Crippen LogP contribution in [0.15, 0.2) is 23.0 Å². The van der Waals surface area contributed by atoms with Gasteiger partial charge < -0.3 is 0 Å². The van der Waals surface area contributed by atoms with Gasteiger partial charge in [-0.15, -0.1) is 22.7 Å². The van der Waals surface area contributed by atoms with Gasteiger partial charge in [-0.1, -0.05) is 0 Å². The maximum absolute atomic E-state index is 4.61. The summed E-state index contributed by atoms with van der Waals surface area (Å²) in [5.41, 5.74) is 3.65. The molecule has 3 aromatic heterocycles. The number of hydrogen-bond donors (Lipinski definition) is 0. The normalized spacial score (nSPS) is 11.3. The summed E-state index contributed by atoms with van der Waals surface area (Å²) in [6.45, 7) is 4.22. The molecule has 4 heteroatoms. The van der Waals surface area contributed by atoms with Gasteiger partial charge in [-0.2, -0.15) is 0 Å². The number of fused-ring (bicyclic) bond motifs is 1. The number of imidazole rings is 1. The van der Waals surface area contributed by atoms with Gasteiger partial charge in [0.15, 0.2) is 4.96 Å². The van der Waals surface area contributed by atoms with Gasteiger partial charge in [0, 0.05) is 17.3 Å². The van der Waals surface area contributed by atoms with Crippen molar-refractivity contribution in [1.82, 2.24) is 9.38 Å². The Hall–Kier alpha value is -1.13. The van der Waals surface area contributed by atoms with Gasteiger partial charge in [0.25, 0.3) is 0 Å². The van der Waals surface area contributed by atoms with Crippen molar-refractivity contribution >= 4 is 27.6 Å². The van der Waals surface area contributed by atoms with Crippen LogP contribution in [0.1, 0.15) is 11.3 Å². The maximum atomic E-state index is 4.61. The minimum atomic E-state index is 1.08. The minimum Gasteiger partial charge on any atom is -0.294 e. The summed E-state index contributed by atoms with van der Waals surface area (Å²) in [4.78, 5) is 6.94. The molecule has 76 valence electrons. The molecule has 0 aliphatic heterocycles. The Morgan fingerprint density at radius 2 is 2.07 bits per heavy atom. The van der Waals surface area contributed by atoms with E-state index in [1.54, 1.807) is 22.7 Å². The zero-order valence-electron chi connectivity index (χ0n) is 8.52. The number of thiazole rings is 1. The first-order chi connectivity index (χ1) is 7.24. The van der Waals surface area contributed by atoms with Crippen LogP contribution in [0.4, 0.5) is 0 Å². The summed E-state index contributed by atoms with van der Waals surface area (Å²) in [5, 5.41) is 4.29. The van der Waals surface area contributed by atoms with E-state index in [9.17, 15) is 0 Å². The van der Waals surface area contributed by atoms with Crippen molar-refractivity contribution in [2.24, 2.45) is 0 Å². The average molecular weight is 234 g/mol. The first-order valence-corrected chi connectivity index (χ1v) is 6.48. The van der Waals surface area contributed by atoms with Gasteiger partial charge in [0.2, 0.25) is 0 Å². The lowest BCUT2D eigenvalue weighted by Gasteiger charge is -1.87. The second-order valence-electron chi connectivity index (χ2n) is 3.64. The minimum absolute atomic E-state index is 1.08. The molecule has 3 aromatic rings. The fraction of sp³-hybridized carbons (Fsp3) is 0.182. The standard InChI is InChI=1S/C11H10N2S2/c1-7-3-10(14-5-7)9-4-13-8(2)6-15-11(13)12-9/h3-6H,1-2H3. The Bertz CT molecular complexity index is 615. The largest absolute Gasteiger partial charge is 0.294 e. The van der Waals surface area contributed by atoms with E-state index in [2.05, 4.69) is 46.3 Å². The summed E-state index contributed by atoms with van der Waals surface area (Å²) >= 11 is 3.45. The molecule has 0 N–H and O–H groups in total. The highest BCUT2D eigenvalue weighted by atomic mass is 32.1. The molecule has 3 rings (SSSR count). The van der Waals surface area contributed by atoms with Crippen LogP contribution >= 0.6 is 22.7 Å². The molecule has 0 spiro atoms. The van der Waals surface area contributed by atoms with Crippen molar-refractivity contribution in [3.05, 3.63) is 34.3 Å². The van der Waals surface area contributed by atoms with Crippen molar-refractivity contribution in [1.29, 1.82) is 0 Å². The quantitative estimate of drug-likeness (QED) is 0.627. The third-order valence-corrected chi connectivity index (χ3v) is 4.40. The summed E-state index contributed by atoms with van der Waals surface area (Å²) in [7, 11) is 0. The number of aryl methyl sites for hydroxylation is 2. The first kappa shape index (κ1) is 9.12. The fourth-order valence-electron chi connectivity index (χ4n) is 1.58. The lowest BCUT2D eigenvalue weighted by molar-refractivity contribution is 1.13. The van der Waals surface area contributed by atoms with Crippen molar-refractivity contribution in [3.63, 3.8) is 0 Å². The number of aromatic nitrogens is 2. The molecular weight excluding hydrogens is 224 g/mol. The van der Waals surface area contributed by atoms with Crippen LogP contribution in [-0.2, 0) is 0 Å². The van der Waals surface area contributed by atoms with Crippen molar-refractivity contribution in [2.75, 3.05) is 0 Å². The van der Waals surface area contributed by atoms with E-state index in [4.69, 9.17) is 0 Å². The number of nitrogens with zero attached hydrogens (tertiary/aromatic N) is 2. The predicted octanol–water partition coefficient (Wildman–Crippen LogP) is 3.74. The van der Waals surface area contributed by atoms with Crippen LogP contribution < -0.4 is 0 Å². The molecule has 0 aliphatic carbocycles. The Labute approximate surface area is 95.8 Å². The highest BCUT2D eigenvalue weighted by Crippen LogP contribution is 2.28. The van der Waals surface area contributed by atoms with Gasteiger partial charge >= 0.3 is 0 Å². The lowest BCUT2D eigenvalue weighted by atomic mass is 10.3. The van der Waals surface area contributed by atoms with Crippen LogP contribution in [-0.4, -0.2) is 9.38 Å². The third kappa shape index (κ3) is 1.41. The van der Waals surface area contributed by atoms with E-state index in [-0.39, 0.29) is 0 Å². The highest BCUT2D eigenvalue weighted by molar-refractivity contribution is 7.15. The predicted molar refractivity (Wildman–Crippen MR) is 65.9 cm³/mol. The van der Waals surface area contributed by atoms with E-state index in [1.165, 1.54) is 16.1 Å². The topological polar surface area (TPSA) is 17.3 Å². The van der Waals surface area contributed by atoms with Gasteiger partial charge in [-0.05, 0) is 30.9 Å². The first-order valence-electron chi connectivity index (χ1n) is 4.73. The van der Waals surface area contributed by atoms with Crippen LogP contribution in [0.3, 0.4) is 0 Å². The zero-order chi connectivity index (χ0) is 10.4. The van der Waals surface area contributed by atoms with Crippen LogP contribution in [0.2, 0.25) is 0 Å². The molecule has 0 aliphatic rings. The molecule has 0 amide bonds. The van der Waals surface area contributed by atoms with Gasteiger partial charge in [0.1, 0.15) is 5.69 Å². The van der Waals surface area contributed by atoms with Crippen LogP contribution in [0.25, 0.3) is 15.5 Å². The highest BCUT2D eigenvalue weighted by Gasteiger charge is 2.08. The van der Waals surface area contributed by atoms with E-state index in [1.807, 2.05) is 0 Å². The van der Waals surface area contributed by atoms with Crippen LogP contribution in [0, 0.1) is 13.8 Å². The van der Waals surface area contributed by atoms with Gasteiger partial charge in [-0.25, -0.2) is 4.98 Å². The lowest BCUT2D eigenvalue weighted by Crippen LogP contribution is -1.77. The Morgan fingerprint density at radius 1 is 1.20 bits per heavy atom. The summed E-state index contributed by atoms with van der Waals surface area (Å²) in [6, 6.07) is 2.19. The molecule has 0 fully saturated rings. The molecule has 0 atom stereocenters. The Morgan fingerprint density at radius 3 is 2.73 bits per heavy atom. The van der Waals surface area contributed by atoms with Crippen molar-refractivity contribution in [3.8, 4) is 10.6 Å². The molecule has 0 saturated carbocycles. The monoisotopic (exact) mass is 234 g/mol. The summed E-state index contributed by atoms with van der Waals surface area (Å²) < 4.78 is 2.15. The Balaban J connectivity index is 2.19. The van der Waals surface area contributed by atoms with E-state index in [0.717, 1.165) is 10.7 Å². The molecule has 2 nitrogen and oxygen atoms in total. The van der Waals surface area contributed by atoms with E-state index < -0.39 is 0 Å². The molecule has 0 aromatic carbocycles. The number of thiophene rings is 1. The van der Waals surface area contributed by atoms with E-state index >= 15 is 0 Å². The van der Waals surface area contributed by atoms with Crippen molar-refractivity contribution < 1.29 is 0 Å². The van der Waals surface area contributed by atoms with Gasteiger partial charge in [-0.3, -0.25) is 4.40 Å². The molecule has 0 unspecified atom stereocenters. The SMILES string of the molecule is Cc1csc(-c2cn3c(C)csc3n2)c1. The summed E-state index contributed by atoms with van der Waals surface area (Å²) in [6.07, 6.45) is 2.12. The second kappa shape index (κ2) is 3.18.